The zero-order valence-corrected chi connectivity index (χ0v) is 14.1. The summed E-state index contributed by atoms with van der Waals surface area (Å²) in [7, 11) is -1.33. The molecule has 1 aromatic carbocycles. The Bertz CT molecular complexity index is 519. The van der Waals surface area contributed by atoms with Crippen molar-refractivity contribution in [3.05, 3.63) is 28.2 Å². The van der Waals surface area contributed by atoms with Crippen molar-refractivity contribution in [1.82, 2.24) is 5.32 Å². The van der Waals surface area contributed by atoms with E-state index in [9.17, 15) is 8.42 Å². The molecule has 0 aliphatic heterocycles. The minimum atomic E-state index is -2.99. The van der Waals surface area contributed by atoms with Gasteiger partial charge < -0.3 is 14.8 Å². The lowest BCUT2D eigenvalue weighted by Crippen LogP contribution is -2.19. The van der Waals surface area contributed by atoms with Crippen molar-refractivity contribution in [3.63, 3.8) is 0 Å². The van der Waals surface area contributed by atoms with Crippen molar-refractivity contribution >= 4 is 25.8 Å². The Hall–Kier alpha value is -0.630. The minimum absolute atomic E-state index is 0.0183. The molecule has 0 radical (unpaired) electrons. The van der Waals surface area contributed by atoms with Crippen LogP contribution in [0.2, 0.25) is 0 Å². The highest BCUT2D eigenvalue weighted by atomic mass is 79.9. The van der Waals surface area contributed by atoms with Crippen molar-refractivity contribution in [2.24, 2.45) is 0 Å². The molecule has 0 spiro atoms. The Morgan fingerprint density at radius 3 is 2.70 bits per heavy atom. The maximum Gasteiger partial charge on any atom is 0.150 e. The van der Waals surface area contributed by atoms with Gasteiger partial charge in [0.25, 0.3) is 0 Å². The van der Waals surface area contributed by atoms with Gasteiger partial charge in [-0.15, -0.1) is 0 Å². The van der Waals surface area contributed by atoms with Gasteiger partial charge in [0.2, 0.25) is 0 Å². The first-order chi connectivity index (χ1) is 9.42. The molecule has 0 bridgehead atoms. The van der Waals surface area contributed by atoms with Crippen molar-refractivity contribution < 1.29 is 17.9 Å². The molecule has 0 fully saturated rings. The molecule has 0 saturated carbocycles. The molecule has 7 heteroatoms. The van der Waals surface area contributed by atoms with Crippen LogP contribution in [0.1, 0.15) is 5.56 Å². The maximum atomic E-state index is 11.0. The van der Waals surface area contributed by atoms with Crippen molar-refractivity contribution in [3.8, 4) is 5.75 Å². The number of benzene rings is 1. The monoisotopic (exact) mass is 365 g/mol. The van der Waals surface area contributed by atoms with Gasteiger partial charge in [0, 0.05) is 30.9 Å². The van der Waals surface area contributed by atoms with Crippen LogP contribution >= 0.6 is 15.9 Å². The van der Waals surface area contributed by atoms with Gasteiger partial charge >= 0.3 is 0 Å². The smallest absolute Gasteiger partial charge is 0.150 e. The number of methoxy groups -OCH3 is 1. The van der Waals surface area contributed by atoms with Crippen LogP contribution < -0.4 is 10.1 Å². The maximum absolute atomic E-state index is 11.0. The predicted octanol–water partition coefficient (Wildman–Crippen LogP) is 1.61. The Labute approximate surface area is 128 Å². The molecule has 0 saturated heterocycles. The fourth-order valence-electron chi connectivity index (χ4n) is 1.48. The van der Waals surface area contributed by atoms with Gasteiger partial charge in [0.15, 0.2) is 9.84 Å². The summed E-state index contributed by atoms with van der Waals surface area (Å²) >= 11 is 3.48. The third-order valence-electron chi connectivity index (χ3n) is 2.54. The number of hydrogen-bond donors (Lipinski definition) is 1. The second kappa shape index (κ2) is 8.61. The molecule has 0 amide bonds. The molecule has 0 atom stereocenters. The number of sulfone groups is 1. The van der Waals surface area contributed by atoms with E-state index >= 15 is 0 Å². The van der Waals surface area contributed by atoms with Crippen LogP contribution in [-0.4, -0.2) is 47.3 Å². The molecule has 5 nitrogen and oxygen atoms in total. The Kier molecular flexibility index (Phi) is 7.50. The molecular formula is C13H20BrNO4S. The van der Waals surface area contributed by atoms with E-state index in [0.29, 0.717) is 18.9 Å². The van der Waals surface area contributed by atoms with Gasteiger partial charge in [-0.05, 0) is 23.8 Å². The topological polar surface area (TPSA) is 64.6 Å². The minimum Gasteiger partial charge on any atom is -0.493 e. The molecule has 0 unspecified atom stereocenters. The molecular weight excluding hydrogens is 346 g/mol. The van der Waals surface area contributed by atoms with E-state index in [1.807, 2.05) is 18.2 Å². The molecule has 0 aliphatic rings. The number of halogens is 1. The van der Waals surface area contributed by atoms with E-state index in [4.69, 9.17) is 9.47 Å². The van der Waals surface area contributed by atoms with Gasteiger partial charge in [0.05, 0.1) is 12.4 Å². The molecule has 1 rings (SSSR count). The lowest BCUT2D eigenvalue weighted by atomic mass is 10.2. The summed E-state index contributed by atoms with van der Waals surface area (Å²) in [6.45, 7) is 2.27. The first-order valence-corrected chi connectivity index (χ1v) is 9.06. The summed E-state index contributed by atoms with van der Waals surface area (Å²) in [4.78, 5) is 0. The average Bonchev–Trinajstić information content (AvgIpc) is 2.36. The SMILES string of the molecule is COCCNCc1cc(OCCS(C)(=O)=O)ccc1Br. The Morgan fingerprint density at radius 1 is 1.30 bits per heavy atom. The van der Waals surface area contributed by atoms with Crippen molar-refractivity contribution in [2.75, 3.05) is 38.9 Å². The fraction of sp³-hybridized carbons (Fsp3) is 0.538. The third-order valence-corrected chi connectivity index (χ3v) is 4.22. The van der Waals surface area contributed by atoms with E-state index in [2.05, 4.69) is 21.2 Å². The van der Waals surface area contributed by atoms with E-state index < -0.39 is 9.84 Å². The standard InChI is InChI=1S/C13H20BrNO4S/c1-18-6-5-15-10-11-9-12(3-4-13(11)14)19-7-8-20(2,16)17/h3-4,9,15H,5-8,10H2,1-2H3. The van der Waals surface area contributed by atoms with E-state index in [-0.39, 0.29) is 12.4 Å². The van der Waals surface area contributed by atoms with Crippen LogP contribution in [0, 0.1) is 0 Å². The Morgan fingerprint density at radius 2 is 2.05 bits per heavy atom. The zero-order chi connectivity index (χ0) is 15.0. The number of nitrogens with one attached hydrogen (secondary N) is 1. The van der Waals surface area contributed by atoms with Crippen molar-refractivity contribution in [2.45, 2.75) is 6.54 Å². The summed E-state index contributed by atoms with van der Waals surface area (Å²) in [5.41, 5.74) is 1.05. The van der Waals surface area contributed by atoms with Gasteiger partial charge in [-0.2, -0.15) is 0 Å². The second-order valence-corrected chi connectivity index (χ2v) is 7.52. The summed E-state index contributed by atoms with van der Waals surface area (Å²) in [5, 5.41) is 3.24. The second-order valence-electron chi connectivity index (χ2n) is 4.40. The van der Waals surface area contributed by atoms with Crippen molar-refractivity contribution in [1.29, 1.82) is 0 Å². The highest BCUT2D eigenvalue weighted by molar-refractivity contribution is 9.10. The van der Waals surface area contributed by atoms with Gasteiger partial charge in [-0.1, -0.05) is 15.9 Å². The summed E-state index contributed by atoms with van der Waals surface area (Å²) in [6.07, 6.45) is 1.20. The summed E-state index contributed by atoms with van der Waals surface area (Å²) < 4.78 is 33.5. The lowest BCUT2D eigenvalue weighted by Gasteiger charge is -2.10. The van der Waals surface area contributed by atoms with Gasteiger partial charge in [-0.3, -0.25) is 0 Å². The van der Waals surface area contributed by atoms with Crippen LogP contribution in [0.25, 0.3) is 0 Å². The summed E-state index contributed by atoms with van der Waals surface area (Å²) in [5.74, 6) is 0.685. The highest BCUT2D eigenvalue weighted by Gasteiger charge is 2.05. The molecule has 0 aliphatic carbocycles. The van der Waals surface area contributed by atoms with Crippen LogP contribution in [-0.2, 0) is 21.1 Å². The lowest BCUT2D eigenvalue weighted by molar-refractivity contribution is 0.199. The first-order valence-electron chi connectivity index (χ1n) is 6.21. The highest BCUT2D eigenvalue weighted by Crippen LogP contribution is 2.22. The number of rotatable bonds is 9. The predicted molar refractivity (Wildman–Crippen MR) is 82.9 cm³/mol. The van der Waals surface area contributed by atoms with Crippen LogP contribution in [0.15, 0.2) is 22.7 Å². The van der Waals surface area contributed by atoms with Crippen LogP contribution in [0.3, 0.4) is 0 Å². The number of ether oxygens (including phenoxy) is 2. The van der Waals surface area contributed by atoms with E-state index in [1.54, 1.807) is 7.11 Å². The molecule has 1 aromatic rings. The zero-order valence-electron chi connectivity index (χ0n) is 11.7. The molecule has 0 heterocycles. The quantitative estimate of drug-likeness (QED) is 0.673. The van der Waals surface area contributed by atoms with E-state index in [0.717, 1.165) is 16.6 Å². The third kappa shape index (κ3) is 7.23. The summed E-state index contributed by atoms with van der Waals surface area (Å²) in [6, 6.07) is 5.60. The van der Waals surface area contributed by atoms with E-state index in [1.165, 1.54) is 6.26 Å². The van der Waals surface area contributed by atoms with Crippen LogP contribution in [0.5, 0.6) is 5.75 Å². The van der Waals surface area contributed by atoms with Gasteiger partial charge in [0.1, 0.15) is 12.4 Å². The van der Waals surface area contributed by atoms with Gasteiger partial charge in [-0.25, -0.2) is 8.42 Å². The van der Waals surface area contributed by atoms with Crippen LogP contribution in [0.4, 0.5) is 0 Å². The largest absolute Gasteiger partial charge is 0.493 e. The average molecular weight is 366 g/mol. The molecule has 20 heavy (non-hydrogen) atoms. The Balaban J connectivity index is 2.52. The molecule has 114 valence electrons. The molecule has 0 aromatic heterocycles. The first kappa shape index (κ1) is 17.4. The normalized spacial score (nSPS) is 11.6. The number of hydrogen-bond acceptors (Lipinski definition) is 5. The molecule has 1 N–H and O–H groups in total. The fourth-order valence-corrected chi connectivity index (χ4v) is 2.26.